The number of likely N-dealkylation sites (N-methyl/N-ethyl adjacent to an activating group) is 1. The normalized spacial score (nSPS) is 28.6. The average Bonchev–Trinajstić information content (AvgIpc) is 2.97. The van der Waals surface area contributed by atoms with E-state index < -0.39 is 0 Å². The van der Waals surface area contributed by atoms with E-state index in [4.69, 9.17) is 0 Å². The van der Waals surface area contributed by atoms with Gasteiger partial charge in [-0.25, -0.2) is 0 Å². The molecule has 18 heavy (non-hydrogen) atoms. The second-order valence-corrected chi connectivity index (χ2v) is 5.61. The lowest BCUT2D eigenvalue weighted by atomic mass is 10.0. The van der Waals surface area contributed by atoms with Gasteiger partial charge in [0.05, 0.1) is 12.6 Å². The SMILES string of the molecule is CN1CCCC1Cc1nnc2n1C(CO)CCC2. The molecule has 1 aromatic rings. The zero-order valence-electron chi connectivity index (χ0n) is 11.0. The molecule has 0 amide bonds. The van der Waals surface area contributed by atoms with Gasteiger partial charge in [0.1, 0.15) is 11.6 Å². The van der Waals surface area contributed by atoms with Crippen molar-refractivity contribution in [1.29, 1.82) is 0 Å². The van der Waals surface area contributed by atoms with Crippen LogP contribution < -0.4 is 0 Å². The summed E-state index contributed by atoms with van der Waals surface area (Å²) in [7, 11) is 2.19. The van der Waals surface area contributed by atoms with Crippen molar-refractivity contribution in [3.05, 3.63) is 11.6 Å². The minimum Gasteiger partial charge on any atom is -0.394 e. The maximum absolute atomic E-state index is 9.51. The van der Waals surface area contributed by atoms with E-state index in [1.54, 1.807) is 0 Å². The number of aromatic nitrogens is 3. The summed E-state index contributed by atoms with van der Waals surface area (Å²) >= 11 is 0. The van der Waals surface area contributed by atoms with E-state index in [1.807, 2.05) is 0 Å². The minimum atomic E-state index is 0.199. The van der Waals surface area contributed by atoms with Crippen molar-refractivity contribution >= 4 is 0 Å². The van der Waals surface area contributed by atoms with Crippen LogP contribution in [0.4, 0.5) is 0 Å². The largest absolute Gasteiger partial charge is 0.394 e. The van der Waals surface area contributed by atoms with E-state index in [9.17, 15) is 5.11 Å². The summed E-state index contributed by atoms with van der Waals surface area (Å²) in [4.78, 5) is 2.42. The van der Waals surface area contributed by atoms with Crippen LogP contribution in [0, 0.1) is 0 Å². The fourth-order valence-corrected chi connectivity index (χ4v) is 3.34. The third-order valence-electron chi connectivity index (χ3n) is 4.44. The fraction of sp³-hybridized carbons (Fsp3) is 0.846. The number of aryl methyl sites for hydroxylation is 1. The topological polar surface area (TPSA) is 54.2 Å². The van der Waals surface area contributed by atoms with Crippen molar-refractivity contribution in [3.8, 4) is 0 Å². The van der Waals surface area contributed by atoms with Crippen LogP contribution in [0.5, 0.6) is 0 Å². The first-order valence-electron chi connectivity index (χ1n) is 7.03. The highest BCUT2D eigenvalue weighted by atomic mass is 16.3. The first kappa shape index (κ1) is 12.1. The lowest BCUT2D eigenvalue weighted by molar-refractivity contribution is 0.201. The molecular formula is C13H22N4O. The molecule has 0 spiro atoms. The van der Waals surface area contributed by atoms with Gasteiger partial charge in [0.25, 0.3) is 0 Å². The summed E-state index contributed by atoms with van der Waals surface area (Å²) in [5.41, 5.74) is 0. The Hall–Kier alpha value is -0.940. The van der Waals surface area contributed by atoms with Crippen LogP contribution in [0.1, 0.15) is 43.4 Å². The standard InChI is InChI=1S/C13H22N4O/c1-16-7-3-5-10(16)8-13-15-14-12-6-2-4-11(9-18)17(12)13/h10-11,18H,2-9H2,1H3. The van der Waals surface area contributed by atoms with E-state index in [1.165, 1.54) is 19.4 Å². The van der Waals surface area contributed by atoms with Crippen molar-refractivity contribution in [1.82, 2.24) is 19.7 Å². The highest BCUT2D eigenvalue weighted by Gasteiger charge is 2.28. The second-order valence-electron chi connectivity index (χ2n) is 5.61. The molecule has 1 saturated heterocycles. The van der Waals surface area contributed by atoms with E-state index in [0.29, 0.717) is 6.04 Å². The summed E-state index contributed by atoms with van der Waals surface area (Å²) < 4.78 is 2.20. The maximum Gasteiger partial charge on any atom is 0.134 e. The summed E-state index contributed by atoms with van der Waals surface area (Å²) in [5, 5.41) is 18.2. The molecule has 0 saturated carbocycles. The zero-order chi connectivity index (χ0) is 12.5. The lowest BCUT2D eigenvalue weighted by Gasteiger charge is -2.26. The third kappa shape index (κ3) is 2.06. The van der Waals surface area contributed by atoms with Crippen LogP contribution in [0.3, 0.4) is 0 Å². The number of nitrogens with zero attached hydrogens (tertiary/aromatic N) is 4. The Labute approximate surface area is 108 Å². The van der Waals surface area contributed by atoms with Crippen LogP contribution in [0.2, 0.25) is 0 Å². The first-order chi connectivity index (χ1) is 8.79. The highest BCUT2D eigenvalue weighted by molar-refractivity contribution is 5.04. The van der Waals surface area contributed by atoms with Crippen LogP contribution >= 0.6 is 0 Å². The number of rotatable bonds is 3. The molecule has 3 heterocycles. The predicted octanol–water partition coefficient (Wildman–Crippen LogP) is 0.784. The first-order valence-corrected chi connectivity index (χ1v) is 7.03. The van der Waals surface area contributed by atoms with E-state index in [0.717, 1.165) is 37.3 Å². The number of fused-ring (bicyclic) bond motifs is 1. The fourth-order valence-electron chi connectivity index (χ4n) is 3.34. The molecule has 2 aliphatic rings. The minimum absolute atomic E-state index is 0.199. The predicted molar refractivity (Wildman–Crippen MR) is 68.4 cm³/mol. The van der Waals surface area contributed by atoms with Gasteiger partial charge >= 0.3 is 0 Å². The Bertz CT molecular complexity index is 417. The van der Waals surface area contributed by atoms with Gasteiger partial charge in [-0.3, -0.25) is 0 Å². The molecule has 3 rings (SSSR count). The molecule has 1 fully saturated rings. The van der Waals surface area contributed by atoms with Crippen LogP contribution in [0.15, 0.2) is 0 Å². The molecule has 0 aliphatic carbocycles. The molecule has 5 heteroatoms. The maximum atomic E-state index is 9.51. The van der Waals surface area contributed by atoms with Crippen molar-refractivity contribution in [2.45, 2.75) is 50.6 Å². The van der Waals surface area contributed by atoms with Gasteiger partial charge in [-0.2, -0.15) is 0 Å². The van der Waals surface area contributed by atoms with Crippen molar-refractivity contribution in [2.75, 3.05) is 20.2 Å². The number of hydrogen-bond acceptors (Lipinski definition) is 4. The molecule has 0 bridgehead atoms. The molecule has 2 atom stereocenters. The average molecular weight is 250 g/mol. The highest BCUT2D eigenvalue weighted by Crippen LogP contribution is 2.27. The number of aliphatic hydroxyl groups excluding tert-OH is 1. The number of hydrogen-bond donors (Lipinski definition) is 1. The number of aliphatic hydroxyl groups is 1. The summed E-state index contributed by atoms with van der Waals surface area (Å²) in [6, 6.07) is 0.796. The third-order valence-corrected chi connectivity index (χ3v) is 4.44. The van der Waals surface area contributed by atoms with Crippen molar-refractivity contribution in [2.24, 2.45) is 0 Å². The molecule has 100 valence electrons. The summed E-state index contributed by atoms with van der Waals surface area (Å²) in [6.45, 7) is 1.40. The van der Waals surface area contributed by atoms with Gasteiger partial charge in [0, 0.05) is 18.9 Å². The molecule has 0 aromatic carbocycles. The molecule has 1 N–H and O–H groups in total. The van der Waals surface area contributed by atoms with E-state index in [2.05, 4.69) is 26.7 Å². The lowest BCUT2D eigenvalue weighted by Crippen LogP contribution is -2.30. The van der Waals surface area contributed by atoms with Gasteiger partial charge in [-0.05, 0) is 39.3 Å². The van der Waals surface area contributed by atoms with Crippen molar-refractivity contribution < 1.29 is 5.11 Å². The molecule has 0 radical (unpaired) electrons. The van der Waals surface area contributed by atoms with Gasteiger partial charge in [0.2, 0.25) is 0 Å². The zero-order valence-corrected chi connectivity index (χ0v) is 11.0. The Morgan fingerprint density at radius 1 is 1.22 bits per heavy atom. The monoisotopic (exact) mass is 250 g/mol. The Morgan fingerprint density at radius 2 is 2.06 bits per heavy atom. The Morgan fingerprint density at radius 3 is 2.78 bits per heavy atom. The number of likely N-dealkylation sites (tertiary alicyclic amines) is 1. The van der Waals surface area contributed by atoms with Crippen LogP contribution in [-0.4, -0.2) is 51.0 Å². The van der Waals surface area contributed by atoms with Gasteiger partial charge in [-0.1, -0.05) is 0 Å². The molecule has 1 aromatic heterocycles. The Balaban J connectivity index is 1.82. The second kappa shape index (κ2) is 4.97. The van der Waals surface area contributed by atoms with Crippen LogP contribution in [-0.2, 0) is 12.8 Å². The molecule has 2 unspecified atom stereocenters. The smallest absolute Gasteiger partial charge is 0.134 e. The molecule has 5 nitrogen and oxygen atoms in total. The van der Waals surface area contributed by atoms with Gasteiger partial charge in [0.15, 0.2) is 0 Å². The summed E-state index contributed by atoms with van der Waals surface area (Å²) in [5.74, 6) is 2.14. The van der Waals surface area contributed by atoms with Crippen LogP contribution in [0.25, 0.3) is 0 Å². The van der Waals surface area contributed by atoms with Crippen molar-refractivity contribution in [3.63, 3.8) is 0 Å². The summed E-state index contributed by atoms with van der Waals surface area (Å²) in [6.07, 6.45) is 6.68. The van der Waals surface area contributed by atoms with Gasteiger partial charge < -0.3 is 14.6 Å². The van der Waals surface area contributed by atoms with E-state index >= 15 is 0 Å². The quantitative estimate of drug-likeness (QED) is 0.861. The van der Waals surface area contributed by atoms with E-state index in [-0.39, 0.29) is 12.6 Å². The molecule has 2 aliphatic heterocycles. The van der Waals surface area contributed by atoms with Gasteiger partial charge in [-0.15, -0.1) is 10.2 Å². The Kier molecular flexibility index (Phi) is 3.35. The molecular weight excluding hydrogens is 228 g/mol.